The molecule has 2 N–H and O–H groups in total. The molecule has 0 heterocycles. The van der Waals surface area contributed by atoms with E-state index in [4.69, 9.17) is 0 Å². The zero-order chi connectivity index (χ0) is 11.1. The summed E-state index contributed by atoms with van der Waals surface area (Å²) in [5.41, 5.74) is 0. The number of rotatable bonds is 0. The van der Waals surface area contributed by atoms with E-state index in [1.807, 2.05) is 30.3 Å². The Balaban J connectivity index is 2.64. The van der Waals surface area contributed by atoms with Crippen LogP contribution in [0.2, 0.25) is 0 Å². The number of aromatic hydroxyl groups is 2. The van der Waals surface area contributed by atoms with Gasteiger partial charge in [-0.05, 0) is 22.9 Å². The smallest absolute Gasteiger partial charge is 0.124 e. The van der Waals surface area contributed by atoms with Gasteiger partial charge >= 0.3 is 0 Å². The van der Waals surface area contributed by atoms with Crippen molar-refractivity contribution in [2.75, 3.05) is 0 Å². The molecule has 0 amide bonds. The van der Waals surface area contributed by atoms with Gasteiger partial charge in [0.25, 0.3) is 0 Å². The van der Waals surface area contributed by atoms with Gasteiger partial charge in [0.1, 0.15) is 11.5 Å². The van der Waals surface area contributed by atoms with Gasteiger partial charge in [0.2, 0.25) is 0 Å². The Kier molecular flexibility index (Phi) is 1.77. The lowest BCUT2D eigenvalue weighted by Gasteiger charge is -2.07. The SMILES string of the molecule is Oc1cc2c(O)cccc2c2ccccc12. The second-order valence-corrected chi connectivity index (χ2v) is 3.81. The molecule has 0 aromatic heterocycles. The predicted molar refractivity (Wildman–Crippen MR) is 64.8 cm³/mol. The molecule has 3 aromatic rings. The Morgan fingerprint density at radius 1 is 0.562 bits per heavy atom. The van der Waals surface area contributed by atoms with Crippen molar-refractivity contribution in [2.45, 2.75) is 0 Å². The standard InChI is InChI=1S/C14H10O2/c15-13-7-3-6-10-9-4-1-2-5-11(9)14(16)8-12(10)13/h1-8,15-16H. The lowest BCUT2D eigenvalue weighted by molar-refractivity contribution is 0.475. The summed E-state index contributed by atoms with van der Waals surface area (Å²) in [6.45, 7) is 0. The molecule has 2 heteroatoms. The second-order valence-electron chi connectivity index (χ2n) is 3.81. The molecule has 0 unspecified atom stereocenters. The van der Waals surface area contributed by atoms with Gasteiger partial charge in [-0.15, -0.1) is 0 Å². The largest absolute Gasteiger partial charge is 0.507 e. The predicted octanol–water partition coefficient (Wildman–Crippen LogP) is 3.40. The third-order valence-electron chi connectivity index (χ3n) is 2.86. The lowest BCUT2D eigenvalue weighted by Crippen LogP contribution is -1.79. The van der Waals surface area contributed by atoms with E-state index < -0.39 is 0 Å². The van der Waals surface area contributed by atoms with E-state index in [9.17, 15) is 10.2 Å². The fourth-order valence-electron chi connectivity index (χ4n) is 2.10. The van der Waals surface area contributed by atoms with Gasteiger partial charge in [0.05, 0.1) is 0 Å². The van der Waals surface area contributed by atoms with E-state index in [1.165, 1.54) is 0 Å². The van der Waals surface area contributed by atoms with E-state index >= 15 is 0 Å². The van der Waals surface area contributed by atoms with Crippen LogP contribution in [-0.4, -0.2) is 10.2 Å². The van der Waals surface area contributed by atoms with Crippen LogP contribution in [0.4, 0.5) is 0 Å². The first-order valence-electron chi connectivity index (χ1n) is 5.10. The monoisotopic (exact) mass is 210 g/mol. The topological polar surface area (TPSA) is 40.5 Å². The molecule has 0 saturated carbocycles. The second kappa shape index (κ2) is 3.14. The zero-order valence-corrected chi connectivity index (χ0v) is 8.51. The summed E-state index contributed by atoms with van der Waals surface area (Å²) < 4.78 is 0. The van der Waals surface area contributed by atoms with Crippen LogP contribution in [0.25, 0.3) is 21.5 Å². The molecule has 16 heavy (non-hydrogen) atoms. The Labute approximate surface area is 92.4 Å². The fraction of sp³-hybridized carbons (Fsp3) is 0. The average molecular weight is 210 g/mol. The van der Waals surface area contributed by atoms with Crippen LogP contribution in [0.3, 0.4) is 0 Å². The third-order valence-corrected chi connectivity index (χ3v) is 2.86. The lowest BCUT2D eigenvalue weighted by atomic mass is 10.0. The Hall–Kier alpha value is -2.22. The molecular formula is C14H10O2. The minimum atomic E-state index is 0.193. The molecule has 0 aliphatic heterocycles. The molecule has 3 aromatic carbocycles. The number of benzene rings is 3. The van der Waals surface area contributed by atoms with Crippen molar-refractivity contribution < 1.29 is 10.2 Å². The van der Waals surface area contributed by atoms with Gasteiger partial charge in [-0.2, -0.15) is 0 Å². The van der Waals surface area contributed by atoms with Crippen molar-refractivity contribution >= 4 is 21.5 Å². The van der Waals surface area contributed by atoms with E-state index in [1.54, 1.807) is 18.2 Å². The van der Waals surface area contributed by atoms with E-state index in [-0.39, 0.29) is 11.5 Å². The van der Waals surface area contributed by atoms with Crippen molar-refractivity contribution in [1.29, 1.82) is 0 Å². The highest BCUT2D eigenvalue weighted by Crippen LogP contribution is 2.36. The van der Waals surface area contributed by atoms with Crippen molar-refractivity contribution in [3.63, 3.8) is 0 Å². The van der Waals surface area contributed by atoms with Crippen molar-refractivity contribution in [3.05, 3.63) is 48.5 Å². The van der Waals surface area contributed by atoms with Crippen LogP contribution in [0.5, 0.6) is 11.5 Å². The molecule has 0 fully saturated rings. The Morgan fingerprint density at radius 2 is 1.19 bits per heavy atom. The molecule has 78 valence electrons. The molecule has 0 radical (unpaired) electrons. The van der Waals surface area contributed by atoms with Crippen LogP contribution in [0.1, 0.15) is 0 Å². The highest BCUT2D eigenvalue weighted by atomic mass is 16.3. The van der Waals surface area contributed by atoms with Crippen molar-refractivity contribution in [2.24, 2.45) is 0 Å². The van der Waals surface area contributed by atoms with Gasteiger partial charge in [-0.25, -0.2) is 0 Å². The van der Waals surface area contributed by atoms with E-state index in [2.05, 4.69) is 0 Å². The summed E-state index contributed by atoms with van der Waals surface area (Å²) in [5, 5.41) is 23.0. The number of phenolic OH excluding ortho intramolecular Hbond substituents is 2. The number of hydrogen-bond acceptors (Lipinski definition) is 2. The fourth-order valence-corrected chi connectivity index (χ4v) is 2.10. The molecule has 0 spiro atoms. The highest BCUT2D eigenvalue weighted by molar-refractivity contribution is 6.11. The molecule has 0 aliphatic carbocycles. The molecule has 0 saturated heterocycles. The molecular weight excluding hydrogens is 200 g/mol. The van der Waals surface area contributed by atoms with Crippen LogP contribution < -0.4 is 0 Å². The molecule has 0 bridgehead atoms. The molecule has 3 rings (SSSR count). The maximum atomic E-state index is 9.88. The summed E-state index contributed by atoms with van der Waals surface area (Å²) in [6.07, 6.45) is 0. The zero-order valence-electron chi connectivity index (χ0n) is 8.51. The summed E-state index contributed by atoms with van der Waals surface area (Å²) >= 11 is 0. The Bertz CT molecular complexity index is 681. The molecule has 2 nitrogen and oxygen atoms in total. The first kappa shape index (κ1) is 9.04. The summed E-state index contributed by atoms with van der Waals surface area (Å²) in [4.78, 5) is 0. The number of hydrogen-bond donors (Lipinski definition) is 2. The van der Waals surface area contributed by atoms with Gasteiger partial charge in [-0.1, -0.05) is 36.4 Å². The minimum absolute atomic E-state index is 0.193. The van der Waals surface area contributed by atoms with E-state index in [0.29, 0.717) is 5.39 Å². The number of phenols is 2. The summed E-state index contributed by atoms with van der Waals surface area (Å²) in [6, 6.07) is 14.6. The minimum Gasteiger partial charge on any atom is -0.507 e. The quantitative estimate of drug-likeness (QED) is 0.558. The van der Waals surface area contributed by atoms with Gasteiger partial charge in [0.15, 0.2) is 0 Å². The van der Waals surface area contributed by atoms with Crippen LogP contribution in [-0.2, 0) is 0 Å². The van der Waals surface area contributed by atoms with Gasteiger partial charge < -0.3 is 10.2 Å². The van der Waals surface area contributed by atoms with Crippen LogP contribution in [0.15, 0.2) is 48.5 Å². The maximum absolute atomic E-state index is 9.88. The van der Waals surface area contributed by atoms with Crippen LogP contribution >= 0.6 is 0 Å². The normalized spacial score (nSPS) is 11.0. The van der Waals surface area contributed by atoms with Gasteiger partial charge in [-0.3, -0.25) is 0 Å². The first-order valence-corrected chi connectivity index (χ1v) is 5.10. The number of fused-ring (bicyclic) bond motifs is 3. The van der Waals surface area contributed by atoms with Crippen LogP contribution in [0, 0.1) is 0 Å². The molecule has 0 atom stereocenters. The van der Waals surface area contributed by atoms with Crippen molar-refractivity contribution in [3.8, 4) is 11.5 Å². The summed E-state index contributed by atoms with van der Waals surface area (Å²) in [7, 11) is 0. The maximum Gasteiger partial charge on any atom is 0.124 e. The van der Waals surface area contributed by atoms with E-state index in [0.717, 1.165) is 16.2 Å². The third kappa shape index (κ3) is 1.13. The highest BCUT2D eigenvalue weighted by Gasteiger charge is 2.07. The Morgan fingerprint density at radius 3 is 2.00 bits per heavy atom. The molecule has 0 aliphatic rings. The average Bonchev–Trinajstić information content (AvgIpc) is 2.31. The summed E-state index contributed by atoms with van der Waals surface area (Å²) in [5.74, 6) is 0.392. The van der Waals surface area contributed by atoms with Gasteiger partial charge in [0, 0.05) is 10.8 Å². The first-order chi connectivity index (χ1) is 7.77. The van der Waals surface area contributed by atoms with Crippen molar-refractivity contribution in [1.82, 2.24) is 0 Å².